The molecular weight excluding hydrogens is 686 g/mol. The number of hydrogen-bond acceptors (Lipinski definition) is 5. The Balaban J connectivity index is 4.06. The van der Waals surface area contributed by atoms with Crippen LogP contribution in [0.2, 0.25) is 63.0 Å². The van der Waals surface area contributed by atoms with Crippen molar-refractivity contribution in [1.82, 2.24) is 0 Å². The molecule has 0 unspecified atom stereocenters. The predicted octanol–water partition coefficient (Wildman–Crippen LogP) is 8.25. The fourth-order valence-corrected chi connectivity index (χ4v) is 32.1. The van der Waals surface area contributed by atoms with Gasteiger partial charge in [0, 0.05) is 0 Å². The summed E-state index contributed by atoms with van der Waals surface area (Å²) in [5.41, 5.74) is 0. The largest absolute Gasteiger partial charge is 0.415 e. The van der Waals surface area contributed by atoms with Crippen LogP contribution in [-0.2, 0) is 20.6 Å². The second-order valence-electron chi connectivity index (χ2n) is 10.1. The van der Waals surface area contributed by atoms with Crippen molar-refractivity contribution in [3.05, 3.63) is 0 Å². The maximum absolute atomic E-state index is 13.5. The number of hydrogen-bond donors (Lipinski definition) is 0. The highest BCUT2D eigenvalue weighted by atomic mass is 28.5. The highest BCUT2D eigenvalue weighted by Gasteiger charge is 2.65. The van der Waals surface area contributed by atoms with E-state index in [1.54, 1.807) is 0 Å². The van der Waals surface area contributed by atoms with Crippen LogP contribution in [0.3, 0.4) is 0 Å². The van der Waals surface area contributed by atoms with E-state index in [1.807, 2.05) is 0 Å². The number of rotatable bonds is 5. The summed E-state index contributed by atoms with van der Waals surface area (Å²) in [7, 11) is -27.2. The van der Waals surface area contributed by atoms with Crippen molar-refractivity contribution in [3.8, 4) is 0 Å². The van der Waals surface area contributed by atoms with Crippen molar-refractivity contribution in [2.45, 2.75) is 93.8 Å². The zero-order valence-corrected chi connectivity index (χ0v) is 26.2. The zero-order valence-electron chi connectivity index (χ0n) is 21.2. The first kappa shape index (κ1) is 37.9. The lowest BCUT2D eigenvalue weighted by molar-refractivity contribution is -0.118. The molecular formula is C15H25F15O5Si5. The second-order valence-corrected chi connectivity index (χ2v) is 27.3. The van der Waals surface area contributed by atoms with Gasteiger partial charge in [0.2, 0.25) is 0 Å². The van der Waals surface area contributed by atoms with E-state index in [0.29, 0.717) is 32.7 Å². The summed E-state index contributed by atoms with van der Waals surface area (Å²) < 4.78 is 228. The molecule has 0 N–H and O–H groups in total. The average Bonchev–Trinajstić information content (AvgIpc) is 2.38. The third-order valence-corrected chi connectivity index (χ3v) is 27.3. The van der Waals surface area contributed by atoms with Crippen LogP contribution in [0.1, 0.15) is 0 Å². The predicted molar refractivity (Wildman–Crippen MR) is 118 cm³/mol. The minimum absolute atomic E-state index is 0.407. The smallest absolute Gasteiger partial charge is 0.391 e. The lowest BCUT2D eigenvalue weighted by Gasteiger charge is -2.50. The van der Waals surface area contributed by atoms with Crippen LogP contribution in [-0.4, -0.2) is 73.7 Å². The molecule has 1 fully saturated rings. The van der Waals surface area contributed by atoms with Gasteiger partial charge in [0.1, 0.15) is 0 Å². The van der Waals surface area contributed by atoms with Crippen molar-refractivity contribution in [1.29, 1.82) is 0 Å². The van der Waals surface area contributed by atoms with E-state index in [0.717, 1.165) is 0 Å². The Morgan fingerprint density at radius 1 is 0.300 bits per heavy atom. The average molecular weight is 711 g/mol. The van der Waals surface area contributed by atoms with Crippen LogP contribution in [0.4, 0.5) is 65.9 Å². The van der Waals surface area contributed by atoms with Gasteiger partial charge in [0.15, 0.2) is 0 Å². The van der Waals surface area contributed by atoms with Gasteiger partial charge in [-0.3, -0.25) is 0 Å². The molecule has 40 heavy (non-hydrogen) atoms. The Bertz CT molecular complexity index is 700. The lowest BCUT2D eigenvalue weighted by atomic mass is 10.8. The van der Waals surface area contributed by atoms with Crippen molar-refractivity contribution in [2.75, 3.05) is 0 Å². The molecule has 25 heteroatoms. The molecule has 1 heterocycles. The van der Waals surface area contributed by atoms with E-state index < -0.39 is 104 Å². The third-order valence-electron chi connectivity index (χ3n) is 4.77. The SMILES string of the molecule is C[Si]1(CC(F)(F)F)O[Si](C)(CC(F)(F)F)O[Si](C)(CC(F)(F)F)O[Si](C)(CC(F)(F)F)O[Si](C)(CC(F)(F)F)O1. The van der Waals surface area contributed by atoms with Gasteiger partial charge in [0.25, 0.3) is 0 Å². The molecule has 0 saturated carbocycles. The maximum atomic E-state index is 13.5. The maximum Gasteiger partial charge on any atom is 0.391 e. The Hall–Kier alpha value is -0.166. The number of halogens is 15. The van der Waals surface area contributed by atoms with Gasteiger partial charge < -0.3 is 20.6 Å². The fourth-order valence-electron chi connectivity index (χ4n) is 4.57. The molecule has 1 rings (SSSR count). The van der Waals surface area contributed by atoms with E-state index in [-0.39, 0.29) is 0 Å². The van der Waals surface area contributed by atoms with Crippen LogP contribution < -0.4 is 0 Å². The van der Waals surface area contributed by atoms with Crippen LogP contribution in [0.5, 0.6) is 0 Å². The highest BCUT2D eigenvalue weighted by Crippen LogP contribution is 2.46. The number of alkyl halides is 15. The summed E-state index contributed by atoms with van der Waals surface area (Å²) in [6, 6.07) is -11.4. The minimum atomic E-state index is -5.45. The van der Waals surface area contributed by atoms with E-state index in [1.165, 1.54) is 0 Å². The zero-order chi connectivity index (χ0) is 32.1. The van der Waals surface area contributed by atoms with Crippen LogP contribution in [0.25, 0.3) is 0 Å². The van der Waals surface area contributed by atoms with Gasteiger partial charge in [-0.1, -0.05) is 0 Å². The van der Waals surface area contributed by atoms with Crippen LogP contribution >= 0.6 is 0 Å². The quantitative estimate of drug-likeness (QED) is 0.213. The van der Waals surface area contributed by atoms with E-state index in [2.05, 4.69) is 0 Å². The minimum Gasteiger partial charge on any atom is -0.415 e. The molecule has 0 bridgehead atoms. The van der Waals surface area contributed by atoms with Crippen molar-refractivity contribution >= 4 is 42.8 Å². The first-order chi connectivity index (χ1) is 17.1. The second kappa shape index (κ2) is 11.4. The topological polar surface area (TPSA) is 46.2 Å². The van der Waals surface area contributed by atoms with Crippen LogP contribution in [0, 0.1) is 0 Å². The van der Waals surface area contributed by atoms with Gasteiger partial charge in [-0.2, -0.15) is 65.9 Å². The third kappa shape index (κ3) is 14.3. The Morgan fingerprint density at radius 3 is 0.475 bits per heavy atom. The van der Waals surface area contributed by atoms with Gasteiger partial charge >= 0.3 is 73.7 Å². The highest BCUT2D eigenvalue weighted by molar-refractivity contribution is 6.94. The molecule has 1 saturated heterocycles. The molecule has 0 aromatic carbocycles. The van der Waals surface area contributed by atoms with Gasteiger partial charge in [-0.05, 0) is 32.7 Å². The summed E-state index contributed by atoms with van der Waals surface area (Å²) in [5, 5.41) is 0. The van der Waals surface area contributed by atoms with Crippen molar-refractivity contribution in [3.63, 3.8) is 0 Å². The summed E-state index contributed by atoms with van der Waals surface area (Å²) in [6.45, 7) is 2.03. The van der Waals surface area contributed by atoms with Gasteiger partial charge in [0.05, 0.1) is 30.2 Å². The molecule has 1 aliphatic rings. The van der Waals surface area contributed by atoms with Crippen molar-refractivity contribution < 1.29 is 86.4 Å². The summed E-state index contributed by atoms with van der Waals surface area (Å²) in [4.78, 5) is 0. The molecule has 0 aliphatic carbocycles. The molecule has 0 atom stereocenters. The first-order valence-electron chi connectivity index (χ1n) is 10.9. The monoisotopic (exact) mass is 710 g/mol. The van der Waals surface area contributed by atoms with Crippen molar-refractivity contribution in [2.24, 2.45) is 0 Å². The normalized spacial score (nSPS) is 36.0. The molecule has 1 aliphatic heterocycles. The molecule has 5 nitrogen and oxygen atoms in total. The van der Waals surface area contributed by atoms with E-state index >= 15 is 0 Å². The molecule has 0 spiro atoms. The van der Waals surface area contributed by atoms with Gasteiger partial charge in [-0.25, -0.2) is 0 Å². The Kier molecular flexibility index (Phi) is 10.8. The summed E-state index contributed by atoms with van der Waals surface area (Å²) >= 11 is 0. The Labute approximate surface area is 223 Å². The first-order valence-corrected chi connectivity index (χ1v) is 23.5. The fraction of sp³-hybridized carbons (Fsp3) is 1.00. The lowest BCUT2D eigenvalue weighted by Crippen LogP contribution is -2.69. The van der Waals surface area contributed by atoms with Crippen LogP contribution in [0.15, 0.2) is 0 Å². The molecule has 240 valence electrons. The van der Waals surface area contributed by atoms with E-state index in [9.17, 15) is 65.9 Å². The molecule has 0 radical (unpaired) electrons. The summed E-state index contributed by atoms with van der Waals surface area (Å²) in [5.74, 6) is 0. The molecule has 0 aromatic heterocycles. The standard InChI is InChI=1S/C15H25F15O5Si5/c1-36(6-11(16,17)18)31-37(2,7-12(19,20)21)33-39(4,9-14(25,26)27)35-40(5,10-15(28,29)30)34-38(3,32-36)8-13(22,23)24/h6-10H2,1-5H3. The summed E-state index contributed by atoms with van der Waals surface area (Å²) in [6.07, 6.45) is -26.8. The molecule has 0 amide bonds. The molecule has 0 aromatic rings. The van der Waals surface area contributed by atoms with Gasteiger partial charge in [-0.15, -0.1) is 0 Å². The van der Waals surface area contributed by atoms with E-state index in [4.69, 9.17) is 20.6 Å². The Morgan fingerprint density at radius 2 is 0.400 bits per heavy atom.